The van der Waals surface area contributed by atoms with Crippen LogP contribution >= 0.6 is 0 Å². The molecule has 158 valence electrons. The average molecular weight is 420 g/mol. The Bertz CT molecular complexity index is 1090. The number of nitro groups is 1. The van der Waals surface area contributed by atoms with Gasteiger partial charge in [0.1, 0.15) is 18.3 Å². The number of carbonyl (C=O) groups is 2. The van der Waals surface area contributed by atoms with Crippen LogP contribution in [0.4, 0.5) is 11.4 Å². The van der Waals surface area contributed by atoms with Gasteiger partial charge >= 0.3 is 0 Å². The van der Waals surface area contributed by atoms with Crippen molar-refractivity contribution in [2.24, 2.45) is 5.92 Å². The summed E-state index contributed by atoms with van der Waals surface area (Å²) in [4.78, 5) is 41.8. The van der Waals surface area contributed by atoms with E-state index in [9.17, 15) is 19.7 Å². The van der Waals surface area contributed by atoms with Crippen LogP contribution in [0.2, 0.25) is 0 Å². The highest BCUT2D eigenvalue weighted by atomic mass is 16.6. The lowest BCUT2D eigenvalue weighted by atomic mass is 9.95. The summed E-state index contributed by atoms with van der Waals surface area (Å²) in [6, 6.07) is 13.5. The second-order valence-corrected chi connectivity index (χ2v) is 7.22. The lowest BCUT2D eigenvalue weighted by Gasteiger charge is -2.31. The molecule has 2 amide bonds. The topological polar surface area (TPSA) is 123 Å². The Morgan fingerprint density at radius 2 is 1.84 bits per heavy atom. The van der Waals surface area contributed by atoms with Crippen molar-refractivity contribution >= 4 is 23.2 Å². The zero-order chi connectivity index (χ0) is 21.8. The van der Waals surface area contributed by atoms with Crippen molar-refractivity contribution in [3.63, 3.8) is 0 Å². The fourth-order valence-electron chi connectivity index (χ4n) is 3.62. The predicted molar refractivity (Wildman–Crippen MR) is 112 cm³/mol. The molecule has 1 aliphatic heterocycles. The zero-order valence-corrected chi connectivity index (χ0v) is 16.5. The molecular formula is C21H20N6O4. The van der Waals surface area contributed by atoms with Gasteiger partial charge in [-0.1, -0.05) is 18.2 Å². The van der Waals surface area contributed by atoms with E-state index in [2.05, 4.69) is 15.4 Å². The van der Waals surface area contributed by atoms with Crippen LogP contribution in [0, 0.1) is 16.0 Å². The first-order valence-electron chi connectivity index (χ1n) is 9.81. The van der Waals surface area contributed by atoms with E-state index < -0.39 is 4.92 Å². The van der Waals surface area contributed by atoms with Crippen LogP contribution in [-0.4, -0.2) is 49.5 Å². The first kappa shape index (κ1) is 20.2. The predicted octanol–water partition coefficient (Wildman–Crippen LogP) is 2.67. The summed E-state index contributed by atoms with van der Waals surface area (Å²) in [7, 11) is 0. The van der Waals surface area contributed by atoms with E-state index >= 15 is 0 Å². The van der Waals surface area contributed by atoms with Crippen molar-refractivity contribution < 1.29 is 14.5 Å². The Kier molecular flexibility index (Phi) is 5.69. The maximum absolute atomic E-state index is 12.9. The maximum atomic E-state index is 12.9. The molecule has 1 aliphatic rings. The van der Waals surface area contributed by atoms with E-state index in [1.165, 1.54) is 29.5 Å². The minimum atomic E-state index is -0.548. The molecule has 10 nitrogen and oxygen atoms in total. The number of para-hydroxylation sites is 1. The number of nitrogens with one attached hydrogen (secondary N) is 1. The van der Waals surface area contributed by atoms with Crippen molar-refractivity contribution in [2.75, 3.05) is 18.4 Å². The molecule has 0 unspecified atom stereocenters. The minimum absolute atomic E-state index is 0.0638. The van der Waals surface area contributed by atoms with Gasteiger partial charge in [-0.05, 0) is 37.1 Å². The number of amides is 2. The smallest absolute Gasteiger partial charge is 0.295 e. The second-order valence-electron chi connectivity index (χ2n) is 7.22. The van der Waals surface area contributed by atoms with Crippen LogP contribution in [0.1, 0.15) is 23.2 Å². The molecule has 0 atom stereocenters. The van der Waals surface area contributed by atoms with Gasteiger partial charge in [-0.3, -0.25) is 19.7 Å². The van der Waals surface area contributed by atoms with E-state index in [0.29, 0.717) is 25.9 Å². The molecule has 0 aliphatic carbocycles. The van der Waals surface area contributed by atoms with Gasteiger partial charge in [-0.15, -0.1) is 0 Å². The van der Waals surface area contributed by atoms with Gasteiger partial charge < -0.3 is 10.2 Å². The van der Waals surface area contributed by atoms with E-state index in [1.54, 1.807) is 11.0 Å². The molecule has 3 aromatic rings. The number of rotatable bonds is 5. The SMILES string of the molecule is O=C(Nc1ccccc1)C1CCN(C(=O)c2ccc(-n3cncn3)c([N+](=O)[O-])c2)CC1. The van der Waals surface area contributed by atoms with Crippen molar-refractivity contribution in [1.82, 2.24) is 19.7 Å². The van der Waals surface area contributed by atoms with Gasteiger partial charge in [0.2, 0.25) is 5.91 Å². The van der Waals surface area contributed by atoms with Crippen LogP contribution in [0.5, 0.6) is 0 Å². The fourth-order valence-corrected chi connectivity index (χ4v) is 3.62. The lowest BCUT2D eigenvalue weighted by molar-refractivity contribution is -0.384. The van der Waals surface area contributed by atoms with Crippen molar-refractivity contribution in [2.45, 2.75) is 12.8 Å². The Hall–Kier alpha value is -4.08. The van der Waals surface area contributed by atoms with E-state index in [-0.39, 0.29) is 34.7 Å². The summed E-state index contributed by atoms with van der Waals surface area (Å²) >= 11 is 0. The fraction of sp³-hybridized carbons (Fsp3) is 0.238. The van der Waals surface area contributed by atoms with Gasteiger partial charge in [0, 0.05) is 36.3 Å². The van der Waals surface area contributed by atoms with Gasteiger partial charge in [0.25, 0.3) is 11.6 Å². The molecule has 2 aromatic carbocycles. The van der Waals surface area contributed by atoms with Gasteiger partial charge in [0.05, 0.1) is 4.92 Å². The van der Waals surface area contributed by atoms with Crippen molar-refractivity contribution in [1.29, 1.82) is 0 Å². The number of piperidine rings is 1. The van der Waals surface area contributed by atoms with Gasteiger partial charge in [0.15, 0.2) is 0 Å². The Balaban J connectivity index is 1.42. The van der Waals surface area contributed by atoms with E-state index in [1.807, 2.05) is 30.3 Å². The molecule has 4 rings (SSSR count). The first-order chi connectivity index (χ1) is 15.0. The molecule has 10 heteroatoms. The Morgan fingerprint density at radius 3 is 2.48 bits per heavy atom. The summed E-state index contributed by atoms with van der Waals surface area (Å²) in [6.07, 6.45) is 3.70. The van der Waals surface area contributed by atoms with Crippen LogP contribution in [0.3, 0.4) is 0 Å². The number of likely N-dealkylation sites (tertiary alicyclic amines) is 1. The highest BCUT2D eigenvalue weighted by molar-refractivity contribution is 5.96. The second kappa shape index (κ2) is 8.74. The van der Waals surface area contributed by atoms with Crippen LogP contribution in [0.15, 0.2) is 61.2 Å². The number of nitro benzene ring substituents is 1. The summed E-state index contributed by atoms with van der Waals surface area (Å²) in [5, 5.41) is 18.3. The molecule has 31 heavy (non-hydrogen) atoms. The zero-order valence-electron chi connectivity index (χ0n) is 16.5. The molecule has 0 bridgehead atoms. The molecule has 2 heterocycles. The quantitative estimate of drug-likeness (QED) is 0.500. The molecule has 1 saturated heterocycles. The number of benzene rings is 2. The number of aromatic nitrogens is 3. The molecule has 0 radical (unpaired) electrons. The molecule has 1 fully saturated rings. The normalized spacial score (nSPS) is 14.3. The highest BCUT2D eigenvalue weighted by Gasteiger charge is 2.29. The van der Waals surface area contributed by atoms with Crippen LogP contribution in [0.25, 0.3) is 5.69 Å². The Labute approximate surface area is 177 Å². The third-order valence-corrected chi connectivity index (χ3v) is 5.28. The lowest BCUT2D eigenvalue weighted by Crippen LogP contribution is -2.41. The molecule has 1 aromatic heterocycles. The summed E-state index contributed by atoms with van der Waals surface area (Å²) < 4.78 is 1.28. The number of nitrogens with zero attached hydrogens (tertiary/aromatic N) is 5. The molecule has 0 spiro atoms. The summed E-state index contributed by atoms with van der Waals surface area (Å²) in [5.41, 5.74) is 0.970. The largest absolute Gasteiger partial charge is 0.339 e. The summed E-state index contributed by atoms with van der Waals surface area (Å²) in [6.45, 7) is 0.814. The minimum Gasteiger partial charge on any atom is -0.339 e. The number of anilines is 1. The molecular weight excluding hydrogens is 400 g/mol. The van der Waals surface area contributed by atoms with Gasteiger partial charge in [-0.2, -0.15) is 5.10 Å². The molecule has 0 saturated carbocycles. The first-order valence-corrected chi connectivity index (χ1v) is 9.81. The van der Waals surface area contributed by atoms with E-state index in [4.69, 9.17) is 0 Å². The Morgan fingerprint density at radius 1 is 1.10 bits per heavy atom. The molecule has 1 N–H and O–H groups in total. The van der Waals surface area contributed by atoms with Crippen LogP contribution in [-0.2, 0) is 4.79 Å². The third-order valence-electron chi connectivity index (χ3n) is 5.28. The highest BCUT2D eigenvalue weighted by Crippen LogP contribution is 2.26. The van der Waals surface area contributed by atoms with Gasteiger partial charge in [-0.25, -0.2) is 9.67 Å². The van der Waals surface area contributed by atoms with Crippen molar-refractivity contribution in [3.8, 4) is 5.69 Å². The van der Waals surface area contributed by atoms with Crippen molar-refractivity contribution in [3.05, 3.63) is 76.9 Å². The number of hydrogen-bond acceptors (Lipinski definition) is 6. The maximum Gasteiger partial charge on any atom is 0.295 e. The monoisotopic (exact) mass is 420 g/mol. The third kappa shape index (κ3) is 4.42. The average Bonchev–Trinajstić information content (AvgIpc) is 3.34. The summed E-state index contributed by atoms with van der Waals surface area (Å²) in [5.74, 6) is -0.547. The number of hydrogen-bond donors (Lipinski definition) is 1. The van der Waals surface area contributed by atoms with Crippen LogP contribution < -0.4 is 5.32 Å². The van der Waals surface area contributed by atoms with E-state index in [0.717, 1.165) is 5.69 Å². The standard InChI is InChI=1S/C21H20N6O4/c28-20(24-17-4-2-1-3-5-17)15-8-10-25(11-9-15)21(29)16-6-7-18(19(12-16)27(30)31)26-14-22-13-23-26/h1-7,12-15H,8-11H2,(H,24,28). The number of carbonyl (C=O) groups excluding carboxylic acids is 2.